The lowest BCUT2D eigenvalue weighted by Crippen LogP contribution is -2.73. The summed E-state index contributed by atoms with van der Waals surface area (Å²) in [5, 5.41) is 0. The predicted molar refractivity (Wildman–Crippen MR) is 131 cm³/mol. The van der Waals surface area contributed by atoms with Gasteiger partial charge in [-0.2, -0.15) is 0 Å². The highest BCUT2D eigenvalue weighted by Crippen LogP contribution is 2.37. The maximum absolute atomic E-state index is 14.1. The molecule has 1 aliphatic carbocycles. The van der Waals surface area contributed by atoms with E-state index in [2.05, 4.69) is 35.6 Å². The van der Waals surface area contributed by atoms with Crippen molar-refractivity contribution in [3.63, 3.8) is 0 Å². The standard InChI is InChI=1S/C26H47N3O5/c1-8-32-23(30)21-11-13-22(14-12-21)33-26(28-15-9-10-16-28,24(31)34-25(4,5)6)29-17-19(2)27(7)20(3)18-29/h19-22H,8-18H2,1-7H3/t19-,20+,21?,22?,26?. The van der Waals surface area contributed by atoms with Crippen LogP contribution in [-0.4, -0.2) is 96.1 Å². The van der Waals surface area contributed by atoms with Crippen LogP contribution in [0.4, 0.5) is 0 Å². The number of likely N-dealkylation sites (N-methyl/N-ethyl adjacent to an activating group) is 1. The lowest BCUT2D eigenvalue weighted by atomic mass is 9.87. The van der Waals surface area contributed by atoms with Gasteiger partial charge in [0.25, 0.3) is 5.85 Å². The van der Waals surface area contributed by atoms with Crippen molar-refractivity contribution in [1.82, 2.24) is 14.7 Å². The molecule has 1 saturated carbocycles. The van der Waals surface area contributed by atoms with E-state index in [-0.39, 0.29) is 36.0 Å². The Kier molecular flexibility index (Phi) is 9.04. The van der Waals surface area contributed by atoms with Gasteiger partial charge >= 0.3 is 11.9 Å². The van der Waals surface area contributed by atoms with Gasteiger partial charge in [-0.1, -0.05) is 0 Å². The Hall–Kier alpha value is -1.22. The van der Waals surface area contributed by atoms with Crippen LogP contribution in [0.25, 0.3) is 0 Å². The number of carbonyl (C=O) groups excluding carboxylic acids is 2. The van der Waals surface area contributed by atoms with Gasteiger partial charge in [-0.15, -0.1) is 0 Å². The molecule has 0 radical (unpaired) electrons. The van der Waals surface area contributed by atoms with Crippen molar-refractivity contribution >= 4 is 11.9 Å². The Morgan fingerprint density at radius 2 is 1.47 bits per heavy atom. The summed E-state index contributed by atoms with van der Waals surface area (Å²) in [6, 6.07) is 0.577. The molecule has 3 fully saturated rings. The number of likely N-dealkylation sites (tertiary alicyclic amines) is 1. The van der Waals surface area contributed by atoms with Crippen LogP contribution in [-0.2, 0) is 23.8 Å². The zero-order chi connectivity index (χ0) is 25.1. The van der Waals surface area contributed by atoms with Crippen LogP contribution in [0.2, 0.25) is 0 Å². The highest BCUT2D eigenvalue weighted by molar-refractivity contribution is 5.79. The van der Waals surface area contributed by atoms with E-state index in [4.69, 9.17) is 14.2 Å². The average Bonchev–Trinajstić information content (AvgIpc) is 3.30. The first-order chi connectivity index (χ1) is 16.0. The Bertz CT molecular complexity index is 685. The molecule has 1 unspecified atom stereocenters. The van der Waals surface area contributed by atoms with Crippen molar-refractivity contribution in [2.75, 3.05) is 39.8 Å². The molecule has 0 N–H and O–H groups in total. The number of piperazine rings is 1. The van der Waals surface area contributed by atoms with Gasteiger partial charge in [-0.25, -0.2) is 9.69 Å². The van der Waals surface area contributed by atoms with E-state index in [9.17, 15) is 9.59 Å². The number of nitrogens with zero attached hydrogens (tertiary/aromatic N) is 3. The summed E-state index contributed by atoms with van der Waals surface area (Å²) in [7, 11) is 2.15. The summed E-state index contributed by atoms with van der Waals surface area (Å²) in [6.45, 7) is 15.5. The fourth-order valence-electron chi connectivity index (χ4n) is 5.58. The van der Waals surface area contributed by atoms with E-state index in [1.165, 1.54) is 0 Å². The molecular formula is C26H47N3O5. The van der Waals surface area contributed by atoms with Crippen molar-refractivity contribution in [3.8, 4) is 0 Å². The van der Waals surface area contributed by atoms with Gasteiger partial charge in [0.05, 0.1) is 18.6 Å². The highest BCUT2D eigenvalue weighted by Gasteiger charge is 2.56. The summed E-state index contributed by atoms with van der Waals surface area (Å²) in [6.07, 6.45) is 4.91. The van der Waals surface area contributed by atoms with Crippen LogP contribution in [0.1, 0.15) is 80.1 Å². The molecular weight excluding hydrogens is 434 g/mol. The second-order valence-electron chi connectivity index (χ2n) is 11.4. The molecule has 0 spiro atoms. The predicted octanol–water partition coefficient (Wildman–Crippen LogP) is 3.24. The summed E-state index contributed by atoms with van der Waals surface area (Å²) in [4.78, 5) is 33.1. The number of carbonyl (C=O) groups is 2. The van der Waals surface area contributed by atoms with Crippen LogP contribution in [0.15, 0.2) is 0 Å². The van der Waals surface area contributed by atoms with E-state index in [0.717, 1.165) is 64.7 Å². The molecule has 3 atom stereocenters. The van der Waals surface area contributed by atoms with Crippen LogP contribution >= 0.6 is 0 Å². The molecule has 0 aromatic heterocycles. The number of esters is 2. The van der Waals surface area contributed by atoms with Crippen molar-refractivity contribution in [3.05, 3.63) is 0 Å². The zero-order valence-corrected chi connectivity index (χ0v) is 22.5. The minimum absolute atomic E-state index is 0.0776. The first kappa shape index (κ1) is 27.4. The topological polar surface area (TPSA) is 71.5 Å². The van der Waals surface area contributed by atoms with Crippen LogP contribution in [0.3, 0.4) is 0 Å². The number of ether oxygens (including phenoxy) is 3. The zero-order valence-electron chi connectivity index (χ0n) is 22.5. The maximum Gasteiger partial charge on any atom is 0.371 e. The molecule has 3 aliphatic rings. The summed E-state index contributed by atoms with van der Waals surface area (Å²) in [5.41, 5.74) is -0.614. The largest absolute Gasteiger partial charge is 0.466 e. The first-order valence-corrected chi connectivity index (χ1v) is 13.3. The monoisotopic (exact) mass is 481 g/mol. The molecule has 2 heterocycles. The quantitative estimate of drug-likeness (QED) is 0.513. The van der Waals surface area contributed by atoms with Gasteiger partial charge < -0.3 is 14.2 Å². The molecule has 2 saturated heterocycles. The van der Waals surface area contributed by atoms with E-state index < -0.39 is 11.4 Å². The van der Waals surface area contributed by atoms with Gasteiger partial charge in [-0.05, 0) is 87.1 Å². The van der Waals surface area contributed by atoms with Gasteiger partial charge in [0.1, 0.15) is 5.60 Å². The Morgan fingerprint density at radius 3 is 1.97 bits per heavy atom. The fraction of sp³-hybridized carbons (Fsp3) is 0.923. The van der Waals surface area contributed by atoms with E-state index >= 15 is 0 Å². The van der Waals surface area contributed by atoms with Crippen LogP contribution in [0.5, 0.6) is 0 Å². The smallest absolute Gasteiger partial charge is 0.371 e. The third kappa shape index (κ3) is 6.12. The molecule has 8 heteroatoms. The van der Waals surface area contributed by atoms with Crippen LogP contribution < -0.4 is 0 Å². The minimum atomic E-state index is -1.24. The second kappa shape index (κ2) is 11.2. The molecule has 2 aliphatic heterocycles. The molecule has 34 heavy (non-hydrogen) atoms. The normalized spacial score (nSPS) is 31.7. The molecule has 196 valence electrons. The first-order valence-electron chi connectivity index (χ1n) is 13.3. The summed E-state index contributed by atoms with van der Waals surface area (Å²) >= 11 is 0. The fourth-order valence-corrected chi connectivity index (χ4v) is 5.58. The van der Waals surface area contributed by atoms with Crippen molar-refractivity contribution in [2.24, 2.45) is 5.92 Å². The lowest BCUT2D eigenvalue weighted by molar-refractivity contribution is -0.285. The van der Waals surface area contributed by atoms with Gasteiger partial charge in [0, 0.05) is 38.3 Å². The van der Waals surface area contributed by atoms with Gasteiger partial charge in [0.2, 0.25) is 0 Å². The number of hydrogen-bond acceptors (Lipinski definition) is 8. The lowest BCUT2D eigenvalue weighted by Gasteiger charge is -2.54. The minimum Gasteiger partial charge on any atom is -0.466 e. The molecule has 8 nitrogen and oxygen atoms in total. The van der Waals surface area contributed by atoms with Crippen LogP contribution in [0, 0.1) is 5.92 Å². The second-order valence-corrected chi connectivity index (χ2v) is 11.4. The number of hydrogen-bond donors (Lipinski definition) is 0. The summed E-state index contributed by atoms with van der Waals surface area (Å²) in [5.74, 6) is -1.74. The van der Waals surface area contributed by atoms with Gasteiger partial charge in [0.15, 0.2) is 0 Å². The third-order valence-electron chi connectivity index (χ3n) is 7.61. The van der Waals surface area contributed by atoms with Gasteiger partial charge in [-0.3, -0.25) is 14.6 Å². The third-order valence-corrected chi connectivity index (χ3v) is 7.61. The van der Waals surface area contributed by atoms with E-state index in [0.29, 0.717) is 6.61 Å². The Morgan fingerprint density at radius 1 is 0.912 bits per heavy atom. The molecule has 0 aromatic rings. The number of rotatable bonds is 7. The highest BCUT2D eigenvalue weighted by atomic mass is 16.6. The van der Waals surface area contributed by atoms with Crippen molar-refractivity contribution in [2.45, 2.75) is 110 Å². The van der Waals surface area contributed by atoms with E-state index in [1.54, 1.807) is 0 Å². The maximum atomic E-state index is 14.1. The molecule has 0 aromatic carbocycles. The van der Waals surface area contributed by atoms with Crippen molar-refractivity contribution < 1.29 is 23.8 Å². The molecule has 0 bridgehead atoms. The molecule has 3 rings (SSSR count). The summed E-state index contributed by atoms with van der Waals surface area (Å²) < 4.78 is 18.2. The Balaban J connectivity index is 1.90. The van der Waals surface area contributed by atoms with E-state index in [1.807, 2.05) is 27.7 Å². The van der Waals surface area contributed by atoms with Crippen molar-refractivity contribution in [1.29, 1.82) is 0 Å². The molecule has 0 amide bonds. The Labute approximate surface area is 206 Å². The average molecular weight is 482 g/mol. The SMILES string of the molecule is CCOC(=O)C1CCC(OC(C(=O)OC(C)(C)C)(N2CCCC2)N2C[C@@H](C)N(C)[C@@H](C)C2)CC1.